The standard InChI is InChI=1S/C16H18N4O2/c1-2-4-15-13(3-1)5-7-19(15)11-14-12-20(18-17-14)8-6-16-21-9-10-22-16/h1-5,7,12,16H,6,8-11H2. The zero-order chi connectivity index (χ0) is 14.8. The zero-order valence-electron chi connectivity index (χ0n) is 12.3. The Morgan fingerprint density at radius 1 is 1.14 bits per heavy atom. The number of aromatic nitrogens is 4. The Labute approximate surface area is 128 Å². The lowest BCUT2D eigenvalue weighted by Gasteiger charge is -2.07. The first-order chi connectivity index (χ1) is 10.9. The Morgan fingerprint density at radius 2 is 2.00 bits per heavy atom. The van der Waals surface area contributed by atoms with Crippen molar-refractivity contribution in [3.63, 3.8) is 0 Å². The first-order valence-corrected chi connectivity index (χ1v) is 7.54. The molecule has 0 bridgehead atoms. The molecule has 4 rings (SSSR count). The second-order valence-electron chi connectivity index (χ2n) is 5.44. The quantitative estimate of drug-likeness (QED) is 0.723. The number of nitrogens with zero attached hydrogens (tertiary/aromatic N) is 4. The Balaban J connectivity index is 1.43. The lowest BCUT2D eigenvalue weighted by Crippen LogP contribution is -2.12. The summed E-state index contributed by atoms with van der Waals surface area (Å²) >= 11 is 0. The molecule has 1 fully saturated rings. The van der Waals surface area contributed by atoms with Gasteiger partial charge >= 0.3 is 0 Å². The number of ether oxygens (including phenoxy) is 2. The predicted molar refractivity (Wildman–Crippen MR) is 81.4 cm³/mol. The molecule has 1 saturated heterocycles. The van der Waals surface area contributed by atoms with Gasteiger partial charge in [-0.3, -0.25) is 4.68 Å². The predicted octanol–water partition coefficient (Wildman–Crippen LogP) is 2.04. The Kier molecular flexibility index (Phi) is 3.62. The van der Waals surface area contributed by atoms with E-state index in [1.165, 1.54) is 10.9 Å². The van der Waals surface area contributed by atoms with Crippen molar-refractivity contribution in [3.8, 4) is 0 Å². The van der Waals surface area contributed by atoms with Gasteiger partial charge in [-0.2, -0.15) is 0 Å². The van der Waals surface area contributed by atoms with Gasteiger partial charge in [0.05, 0.1) is 26.0 Å². The summed E-state index contributed by atoms with van der Waals surface area (Å²) in [6.45, 7) is 2.86. The molecule has 114 valence electrons. The Hall–Kier alpha value is -2.18. The van der Waals surface area contributed by atoms with E-state index in [1.807, 2.05) is 10.9 Å². The molecule has 1 aliphatic rings. The molecule has 6 nitrogen and oxygen atoms in total. The third-order valence-corrected chi connectivity index (χ3v) is 3.88. The van der Waals surface area contributed by atoms with Crippen LogP contribution < -0.4 is 0 Å². The van der Waals surface area contributed by atoms with E-state index >= 15 is 0 Å². The van der Waals surface area contributed by atoms with Gasteiger partial charge < -0.3 is 14.0 Å². The van der Waals surface area contributed by atoms with Gasteiger partial charge in [-0.25, -0.2) is 0 Å². The van der Waals surface area contributed by atoms with Gasteiger partial charge in [0, 0.05) is 24.7 Å². The number of rotatable bonds is 5. The van der Waals surface area contributed by atoms with Crippen molar-refractivity contribution < 1.29 is 9.47 Å². The van der Waals surface area contributed by atoms with Crippen molar-refractivity contribution in [3.05, 3.63) is 48.4 Å². The molecule has 2 aromatic heterocycles. The average Bonchev–Trinajstić information content (AvgIpc) is 3.27. The summed E-state index contributed by atoms with van der Waals surface area (Å²) < 4.78 is 14.9. The van der Waals surface area contributed by atoms with Crippen LogP contribution in [0.4, 0.5) is 0 Å². The fourth-order valence-electron chi connectivity index (χ4n) is 2.78. The summed E-state index contributed by atoms with van der Waals surface area (Å²) in [7, 11) is 0. The molecule has 22 heavy (non-hydrogen) atoms. The summed E-state index contributed by atoms with van der Waals surface area (Å²) in [6, 6.07) is 10.5. The fourth-order valence-corrected chi connectivity index (χ4v) is 2.78. The molecule has 3 heterocycles. The van der Waals surface area contributed by atoms with Crippen LogP contribution in [0.15, 0.2) is 42.7 Å². The van der Waals surface area contributed by atoms with E-state index in [1.54, 1.807) is 0 Å². The molecule has 0 N–H and O–H groups in total. The van der Waals surface area contributed by atoms with Crippen molar-refractivity contribution >= 4 is 10.9 Å². The summed E-state index contributed by atoms with van der Waals surface area (Å²) in [4.78, 5) is 0. The maximum atomic E-state index is 5.43. The minimum atomic E-state index is -0.0963. The zero-order valence-corrected chi connectivity index (χ0v) is 12.3. The minimum Gasteiger partial charge on any atom is -0.350 e. The van der Waals surface area contributed by atoms with Crippen LogP contribution in [0.5, 0.6) is 0 Å². The van der Waals surface area contributed by atoms with Crippen molar-refractivity contribution in [2.24, 2.45) is 0 Å². The number of hydrogen-bond donors (Lipinski definition) is 0. The highest BCUT2D eigenvalue weighted by Gasteiger charge is 2.15. The van der Waals surface area contributed by atoms with Crippen molar-refractivity contribution in [1.29, 1.82) is 0 Å². The van der Waals surface area contributed by atoms with Gasteiger partial charge in [-0.05, 0) is 17.5 Å². The van der Waals surface area contributed by atoms with Crippen LogP contribution in [0.1, 0.15) is 12.1 Å². The van der Waals surface area contributed by atoms with E-state index in [4.69, 9.17) is 9.47 Å². The minimum absolute atomic E-state index is 0.0963. The third-order valence-electron chi connectivity index (χ3n) is 3.88. The highest BCUT2D eigenvalue weighted by Crippen LogP contribution is 2.16. The highest BCUT2D eigenvalue weighted by atomic mass is 16.7. The number of aryl methyl sites for hydroxylation is 1. The fraction of sp³-hybridized carbons (Fsp3) is 0.375. The van der Waals surface area contributed by atoms with Crippen LogP contribution in [0, 0.1) is 0 Å². The molecule has 6 heteroatoms. The second-order valence-corrected chi connectivity index (χ2v) is 5.44. The highest BCUT2D eigenvalue weighted by molar-refractivity contribution is 5.79. The van der Waals surface area contributed by atoms with Gasteiger partial charge in [-0.1, -0.05) is 23.4 Å². The van der Waals surface area contributed by atoms with Crippen molar-refractivity contribution in [2.45, 2.75) is 25.8 Å². The third kappa shape index (κ3) is 2.75. The average molecular weight is 298 g/mol. The van der Waals surface area contributed by atoms with E-state index in [9.17, 15) is 0 Å². The van der Waals surface area contributed by atoms with Crippen LogP contribution in [0.2, 0.25) is 0 Å². The van der Waals surface area contributed by atoms with Gasteiger partial charge in [0.25, 0.3) is 0 Å². The molecular formula is C16H18N4O2. The smallest absolute Gasteiger partial charge is 0.159 e. The topological polar surface area (TPSA) is 54.1 Å². The summed E-state index contributed by atoms with van der Waals surface area (Å²) in [5, 5.41) is 9.67. The molecule has 0 radical (unpaired) electrons. The number of fused-ring (bicyclic) bond motifs is 1. The SMILES string of the molecule is c1ccc2c(c1)ccn2Cc1cn(CCC2OCCO2)nn1. The molecular weight excluding hydrogens is 280 g/mol. The van der Waals surface area contributed by atoms with Gasteiger partial charge in [0.15, 0.2) is 6.29 Å². The first-order valence-electron chi connectivity index (χ1n) is 7.54. The van der Waals surface area contributed by atoms with E-state index < -0.39 is 0 Å². The van der Waals surface area contributed by atoms with Crippen LogP contribution in [-0.4, -0.2) is 39.1 Å². The Bertz CT molecular complexity index is 758. The normalized spacial score (nSPS) is 15.8. The van der Waals surface area contributed by atoms with Crippen LogP contribution >= 0.6 is 0 Å². The van der Waals surface area contributed by atoms with E-state index in [-0.39, 0.29) is 6.29 Å². The first kappa shape index (κ1) is 13.5. The van der Waals surface area contributed by atoms with Gasteiger partial charge in [0.2, 0.25) is 0 Å². The molecule has 0 saturated carbocycles. The largest absolute Gasteiger partial charge is 0.350 e. The van der Waals surface area contributed by atoms with Crippen molar-refractivity contribution in [2.75, 3.05) is 13.2 Å². The van der Waals surface area contributed by atoms with E-state index in [2.05, 4.69) is 51.4 Å². The molecule has 0 atom stereocenters. The summed E-state index contributed by atoms with van der Waals surface area (Å²) in [5.41, 5.74) is 2.17. The molecule has 1 aromatic carbocycles. The molecule has 0 spiro atoms. The number of para-hydroxylation sites is 1. The van der Waals surface area contributed by atoms with Gasteiger partial charge in [0.1, 0.15) is 5.69 Å². The summed E-state index contributed by atoms with van der Waals surface area (Å²) in [5.74, 6) is 0. The lowest BCUT2D eigenvalue weighted by molar-refractivity contribution is -0.0496. The molecule has 3 aromatic rings. The van der Waals surface area contributed by atoms with Crippen LogP contribution in [-0.2, 0) is 22.6 Å². The van der Waals surface area contributed by atoms with Crippen LogP contribution in [0.25, 0.3) is 10.9 Å². The maximum Gasteiger partial charge on any atom is 0.159 e. The molecule has 0 aliphatic carbocycles. The van der Waals surface area contributed by atoms with Gasteiger partial charge in [-0.15, -0.1) is 5.10 Å². The second kappa shape index (κ2) is 5.90. The molecule has 0 unspecified atom stereocenters. The molecule has 0 amide bonds. The van der Waals surface area contributed by atoms with Crippen molar-refractivity contribution in [1.82, 2.24) is 19.6 Å². The monoisotopic (exact) mass is 298 g/mol. The number of hydrogen-bond acceptors (Lipinski definition) is 4. The lowest BCUT2D eigenvalue weighted by atomic mass is 10.2. The maximum absolute atomic E-state index is 5.43. The number of benzene rings is 1. The molecule has 1 aliphatic heterocycles. The Morgan fingerprint density at radius 3 is 2.91 bits per heavy atom. The summed E-state index contributed by atoms with van der Waals surface area (Å²) in [6.07, 6.45) is 4.78. The van der Waals surface area contributed by atoms with E-state index in [0.717, 1.165) is 25.2 Å². The van der Waals surface area contributed by atoms with E-state index in [0.29, 0.717) is 13.2 Å². The van der Waals surface area contributed by atoms with Crippen LogP contribution in [0.3, 0.4) is 0 Å².